The minimum Gasteiger partial charge on any atom is -0.360 e. The molecule has 1 aliphatic rings. The number of rotatable bonds is 2. The number of halogens is 3. The highest BCUT2D eigenvalue weighted by Gasteiger charge is 2.37. The van der Waals surface area contributed by atoms with E-state index in [2.05, 4.69) is 11.4 Å². The molecule has 0 saturated heterocycles. The molecule has 8 heteroatoms. The van der Waals surface area contributed by atoms with Gasteiger partial charge in [-0.1, -0.05) is 18.2 Å². The Bertz CT molecular complexity index is 1190. The van der Waals surface area contributed by atoms with Crippen LogP contribution in [-0.2, 0) is 13.2 Å². The molecule has 0 radical (unpaired) electrons. The molecular weight excluding hydrogens is 393 g/mol. The third kappa shape index (κ3) is 3.08. The Hall–Kier alpha value is -3.73. The highest BCUT2D eigenvalue weighted by Crippen LogP contribution is 2.40. The number of anilines is 2. The predicted molar refractivity (Wildman–Crippen MR) is 106 cm³/mol. The van der Waals surface area contributed by atoms with Crippen LogP contribution in [0.5, 0.6) is 0 Å². The van der Waals surface area contributed by atoms with Gasteiger partial charge < -0.3 is 9.88 Å². The number of alkyl halides is 3. The smallest absolute Gasteiger partial charge is 0.360 e. The molecule has 0 saturated carbocycles. The van der Waals surface area contributed by atoms with Crippen LogP contribution in [0.15, 0.2) is 54.6 Å². The molecule has 0 spiro atoms. The lowest BCUT2D eigenvalue weighted by molar-refractivity contribution is -0.137. The first-order valence-corrected chi connectivity index (χ1v) is 9.15. The average molecular weight is 410 g/mol. The number of aromatic nitrogens is 1. The fraction of sp³-hybridized carbons (Fsp3) is 0.182. The second-order valence-electron chi connectivity index (χ2n) is 7.06. The van der Waals surface area contributed by atoms with Crippen LogP contribution in [0.3, 0.4) is 0 Å². The zero-order valence-electron chi connectivity index (χ0n) is 16.2. The predicted octanol–water partition coefficient (Wildman–Crippen LogP) is 5.00. The zero-order valence-corrected chi connectivity index (χ0v) is 16.2. The Labute approximate surface area is 171 Å². The summed E-state index contributed by atoms with van der Waals surface area (Å²) >= 11 is 0. The van der Waals surface area contributed by atoms with E-state index in [4.69, 9.17) is 0 Å². The monoisotopic (exact) mass is 410 g/mol. The van der Waals surface area contributed by atoms with E-state index in [0.717, 1.165) is 17.8 Å². The first-order valence-electron chi connectivity index (χ1n) is 9.15. The lowest BCUT2D eigenvalue weighted by Gasteiger charge is -2.38. The standard InChI is InChI=1S/C22H17F3N4O/c1-13-18(11-16(12-26)28(13)2)20-27-19-9-4-3-8-17(19)21(30)29(20)15-7-5-6-14(10-15)22(23,24)25/h3-11,20,27H,1-2H3. The van der Waals surface area contributed by atoms with Crippen LogP contribution in [0.1, 0.15) is 39.0 Å². The molecule has 30 heavy (non-hydrogen) atoms. The van der Waals surface area contributed by atoms with E-state index in [1.807, 2.05) is 0 Å². The van der Waals surface area contributed by atoms with Crippen molar-refractivity contribution in [3.05, 3.63) is 82.7 Å². The van der Waals surface area contributed by atoms with E-state index < -0.39 is 23.8 Å². The third-order valence-electron chi connectivity index (χ3n) is 5.36. The number of amides is 1. The molecule has 1 N–H and O–H groups in total. The molecule has 2 heterocycles. The molecule has 0 bridgehead atoms. The number of para-hydroxylation sites is 1. The number of nitrogens with zero attached hydrogens (tertiary/aromatic N) is 3. The summed E-state index contributed by atoms with van der Waals surface area (Å²) in [6, 6.07) is 15.3. The topological polar surface area (TPSA) is 61.1 Å². The summed E-state index contributed by atoms with van der Waals surface area (Å²) in [5.74, 6) is -0.421. The highest BCUT2D eigenvalue weighted by atomic mass is 19.4. The second kappa shape index (κ2) is 6.95. The van der Waals surface area contributed by atoms with E-state index in [-0.39, 0.29) is 5.69 Å². The lowest BCUT2D eigenvalue weighted by atomic mass is 10.0. The first-order chi connectivity index (χ1) is 14.2. The molecule has 4 rings (SSSR count). The van der Waals surface area contributed by atoms with Gasteiger partial charge in [0, 0.05) is 29.7 Å². The normalized spacial score (nSPS) is 16.1. The number of carbonyl (C=O) groups is 1. The van der Waals surface area contributed by atoms with Crippen molar-refractivity contribution in [3.63, 3.8) is 0 Å². The summed E-state index contributed by atoms with van der Waals surface area (Å²) in [7, 11) is 1.73. The van der Waals surface area contributed by atoms with Crippen molar-refractivity contribution in [2.75, 3.05) is 10.2 Å². The molecule has 1 amide bonds. The number of hydrogen-bond donors (Lipinski definition) is 1. The van der Waals surface area contributed by atoms with Crippen molar-refractivity contribution in [2.45, 2.75) is 19.3 Å². The molecule has 152 valence electrons. The van der Waals surface area contributed by atoms with E-state index in [1.54, 1.807) is 48.9 Å². The Morgan fingerprint density at radius 1 is 1.10 bits per heavy atom. The maximum absolute atomic E-state index is 13.4. The summed E-state index contributed by atoms with van der Waals surface area (Å²) in [6.45, 7) is 1.80. The maximum atomic E-state index is 13.4. The molecular formula is C22H17F3N4O. The largest absolute Gasteiger partial charge is 0.416 e. The third-order valence-corrected chi connectivity index (χ3v) is 5.36. The highest BCUT2D eigenvalue weighted by molar-refractivity contribution is 6.12. The minimum absolute atomic E-state index is 0.114. The molecule has 0 fully saturated rings. The fourth-order valence-corrected chi connectivity index (χ4v) is 3.68. The molecule has 1 unspecified atom stereocenters. The van der Waals surface area contributed by atoms with Gasteiger partial charge in [0.25, 0.3) is 5.91 Å². The van der Waals surface area contributed by atoms with Crippen LogP contribution in [0, 0.1) is 18.3 Å². The minimum atomic E-state index is -4.54. The zero-order chi connectivity index (χ0) is 21.6. The summed E-state index contributed by atoms with van der Waals surface area (Å²) in [5, 5.41) is 12.6. The molecule has 2 aromatic carbocycles. The molecule has 1 atom stereocenters. The number of fused-ring (bicyclic) bond motifs is 1. The van der Waals surface area contributed by atoms with Gasteiger partial charge in [-0.15, -0.1) is 0 Å². The summed E-state index contributed by atoms with van der Waals surface area (Å²) in [4.78, 5) is 14.7. The van der Waals surface area contributed by atoms with Gasteiger partial charge in [0.2, 0.25) is 0 Å². The van der Waals surface area contributed by atoms with Gasteiger partial charge in [0.15, 0.2) is 0 Å². The average Bonchev–Trinajstić information content (AvgIpc) is 3.01. The van der Waals surface area contributed by atoms with Gasteiger partial charge in [-0.2, -0.15) is 18.4 Å². The van der Waals surface area contributed by atoms with Crippen LogP contribution in [0.25, 0.3) is 0 Å². The molecule has 5 nitrogen and oxygen atoms in total. The SMILES string of the molecule is Cc1c(C2Nc3ccccc3C(=O)N2c2cccc(C(F)(F)F)c2)cc(C#N)n1C. The summed E-state index contributed by atoms with van der Waals surface area (Å²) < 4.78 is 41.6. The van der Waals surface area contributed by atoms with Gasteiger partial charge in [-0.25, -0.2) is 0 Å². The van der Waals surface area contributed by atoms with Crippen molar-refractivity contribution in [3.8, 4) is 6.07 Å². The van der Waals surface area contributed by atoms with Gasteiger partial charge in [-0.05, 0) is 43.3 Å². The van der Waals surface area contributed by atoms with Crippen LogP contribution >= 0.6 is 0 Å². The van der Waals surface area contributed by atoms with Gasteiger partial charge >= 0.3 is 6.18 Å². The van der Waals surface area contributed by atoms with Crippen molar-refractivity contribution in [1.29, 1.82) is 5.26 Å². The maximum Gasteiger partial charge on any atom is 0.416 e. The van der Waals surface area contributed by atoms with Crippen LogP contribution < -0.4 is 10.2 Å². The Morgan fingerprint density at radius 3 is 2.50 bits per heavy atom. The number of carbonyl (C=O) groups excluding carboxylic acids is 1. The van der Waals surface area contributed by atoms with Gasteiger partial charge in [-0.3, -0.25) is 9.69 Å². The lowest BCUT2D eigenvalue weighted by Crippen LogP contribution is -2.43. The fourth-order valence-electron chi connectivity index (χ4n) is 3.68. The Morgan fingerprint density at radius 2 is 1.83 bits per heavy atom. The number of nitriles is 1. The van der Waals surface area contributed by atoms with Crippen molar-refractivity contribution >= 4 is 17.3 Å². The van der Waals surface area contributed by atoms with Crippen molar-refractivity contribution < 1.29 is 18.0 Å². The number of benzene rings is 2. The van der Waals surface area contributed by atoms with Crippen LogP contribution in [-0.4, -0.2) is 10.5 Å². The molecule has 1 aromatic heterocycles. The number of hydrogen-bond acceptors (Lipinski definition) is 3. The van der Waals surface area contributed by atoms with Gasteiger partial charge in [0.05, 0.1) is 11.1 Å². The van der Waals surface area contributed by atoms with E-state index in [1.165, 1.54) is 17.0 Å². The van der Waals surface area contributed by atoms with E-state index >= 15 is 0 Å². The van der Waals surface area contributed by atoms with Crippen molar-refractivity contribution in [1.82, 2.24) is 4.57 Å². The quantitative estimate of drug-likeness (QED) is 0.647. The Balaban J connectivity index is 1.92. The second-order valence-corrected chi connectivity index (χ2v) is 7.06. The summed E-state index contributed by atoms with van der Waals surface area (Å²) in [6.07, 6.45) is -5.31. The van der Waals surface area contributed by atoms with E-state index in [9.17, 15) is 23.2 Å². The van der Waals surface area contributed by atoms with Crippen LogP contribution in [0.4, 0.5) is 24.5 Å². The summed E-state index contributed by atoms with van der Waals surface area (Å²) in [5.41, 5.74) is 1.97. The number of nitrogens with one attached hydrogen (secondary N) is 1. The molecule has 0 aliphatic carbocycles. The van der Waals surface area contributed by atoms with Crippen molar-refractivity contribution in [2.24, 2.45) is 7.05 Å². The van der Waals surface area contributed by atoms with Crippen LogP contribution in [0.2, 0.25) is 0 Å². The van der Waals surface area contributed by atoms with E-state index in [0.29, 0.717) is 22.5 Å². The first kappa shape index (κ1) is 19.6. The van der Waals surface area contributed by atoms with Gasteiger partial charge in [0.1, 0.15) is 17.9 Å². The Kier molecular flexibility index (Phi) is 4.54. The molecule has 1 aliphatic heterocycles. The molecule has 3 aromatic rings.